The lowest BCUT2D eigenvalue weighted by molar-refractivity contribution is 0.173. The molecule has 0 radical (unpaired) electrons. The minimum Gasteiger partial charge on any atom is -0.506 e. The molecule has 1 heterocycles. The van der Waals surface area contributed by atoms with E-state index < -0.39 is 0 Å². The molecule has 2 atom stereocenters. The number of hydrogen-bond acceptors (Lipinski definition) is 2. The molecule has 0 unspecified atom stereocenters. The number of halogens is 1. The topological polar surface area (TPSA) is 23.5 Å². The maximum atomic E-state index is 10.2. The molecule has 2 aromatic rings. The Labute approximate surface area is 142 Å². The molecule has 2 aliphatic rings. The lowest BCUT2D eigenvalue weighted by Crippen LogP contribution is -2.45. The van der Waals surface area contributed by atoms with Gasteiger partial charge in [0.25, 0.3) is 0 Å². The second kappa shape index (κ2) is 4.99. The summed E-state index contributed by atoms with van der Waals surface area (Å²) in [6.07, 6.45) is 0.969. The average molecular weight is 328 g/mol. The Kier molecular flexibility index (Phi) is 3.26. The van der Waals surface area contributed by atoms with Gasteiger partial charge in [-0.15, -0.1) is 0 Å². The minimum absolute atomic E-state index is 0.0763. The highest BCUT2D eigenvalue weighted by Crippen LogP contribution is 2.53. The van der Waals surface area contributed by atoms with Gasteiger partial charge in [-0.1, -0.05) is 49.7 Å². The fourth-order valence-electron chi connectivity index (χ4n) is 4.81. The number of benzene rings is 2. The SMILES string of the molecule is CN1CCc2cc(Cl)c(O)cc2[C@@H]2c3ccccc3C(C)(C)[C@H]21. The first-order valence-electron chi connectivity index (χ1n) is 8.22. The van der Waals surface area contributed by atoms with Crippen LogP contribution in [0.15, 0.2) is 36.4 Å². The summed E-state index contributed by atoms with van der Waals surface area (Å²) in [6.45, 7) is 5.69. The van der Waals surface area contributed by atoms with Crippen molar-refractivity contribution in [3.8, 4) is 5.75 Å². The molecule has 0 saturated heterocycles. The van der Waals surface area contributed by atoms with E-state index in [4.69, 9.17) is 11.6 Å². The zero-order valence-electron chi connectivity index (χ0n) is 13.8. The lowest BCUT2D eigenvalue weighted by Gasteiger charge is -2.37. The average Bonchev–Trinajstić information content (AvgIpc) is 2.66. The molecule has 0 spiro atoms. The highest BCUT2D eigenvalue weighted by molar-refractivity contribution is 6.32. The van der Waals surface area contributed by atoms with Crippen molar-refractivity contribution in [2.45, 2.75) is 37.6 Å². The fourth-order valence-corrected chi connectivity index (χ4v) is 4.99. The van der Waals surface area contributed by atoms with Gasteiger partial charge in [0.15, 0.2) is 0 Å². The maximum absolute atomic E-state index is 10.2. The van der Waals surface area contributed by atoms with Crippen molar-refractivity contribution in [3.05, 3.63) is 63.7 Å². The van der Waals surface area contributed by atoms with Crippen molar-refractivity contribution < 1.29 is 5.11 Å². The number of phenolic OH excluding ortho intramolecular Hbond substituents is 1. The third-order valence-electron chi connectivity index (χ3n) is 5.80. The van der Waals surface area contributed by atoms with Gasteiger partial charge in [0.1, 0.15) is 5.75 Å². The summed E-state index contributed by atoms with van der Waals surface area (Å²) in [5.74, 6) is 0.475. The third kappa shape index (κ3) is 2.05. The number of hydrogen-bond donors (Lipinski definition) is 1. The second-order valence-corrected chi connectivity index (χ2v) is 7.87. The molecule has 0 amide bonds. The van der Waals surface area contributed by atoms with E-state index in [1.165, 1.54) is 22.3 Å². The van der Waals surface area contributed by atoms with Gasteiger partial charge < -0.3 is 10.0 Å². The first kappa shape index (κ1) is 15.0. The Balaban J connectivity index is 2.01. The molecular formula is C20H22ClNO. The molecule has 0 saturated carbocycles. The van der Waals surface area contributed by atoms with Crippen LogP contribution in [0.5, 0.6) is 5.75 Å². The minimum atomic E-state index is 0.0763. The molecule has 0 aromatic heterocycles. The Hall–Kier alpha value is -1.51. The van der Waals surface area contributed by atoms with Crippen LogP contribution >= 0.6 is 11.6 Å². The van der Waals surface area contributed by atoms with Crippen LogP contribution in [0.1, 0.15) is 42.0 Å². The molecule has 4 rings (SSSR count). The molecule has 2 nitrogen and oxygen atoms in total. The zero-order valence-corrected chi connectivity index (χ0v) is 14.6. The van der Waals surface area contributed by atoms with Gasteiger partial charge in [0, 0.05) is 23.9 Å². The molecule has 1 aliphatic heterocycles. The Bertz CT molecular complexity index is 783. The van der Waals surface area contributed by atoms with E-state index in [-0.39, 0.29) is 17.1 Å². The van der Waals surface area contributed by atoms with Gasteiger partial charge in [-0.2, -0.15) is 0 Å². The molecule has 3 heteroatoms. The summed E-state index contributed by atoms with van der Waals surface area (Å²) in [5, 5.41) is 10.6. The highest BCUT2D eigenvalue weighted by atomic mass is 35.5. The van der Waals surface area contributed by atoms with Crippen molar-refractivity contribution in [2.24, 2.45) is 0 Å². The van der Waals surface area contributed by atoms with Crippen molar-refractivity contribution >= 4 is 11.6 Å². The number of likely N-dealkylation sites (N-methyl/N-ethyl adjacent to an activating group) is 1. The second-order valence-electron chi connectivity index (χ2n) is 7.46. The largest absolute Gasteiger partial charge is 0.506 e. The monoisotopic (exact) mass is 327 g/mol. The van der Waals surface area contributed by atoms with Crippen molar-refractivity contribution in [3.63, 3.8) is 0 Å². The number of fused-ring (bicyclic) bond motifs is 5. The first-order chi connectivity index (χ1) is 10.9. The van der Waals surface area contributed by atoms with Gasteiger partial charge in [-0.25, -0.2) is 0 Å². The van der Waals surface area contributed by atoms with Crippen LogP contribution in [-0.4, -0.2) is 29.6 Å². The summed E-state index contributed by atoms with van der Waals surface area (Å²) in [4.78, 5) is 2.48. The predicted molar refractivity (Wildman–Crippen MR) is 94.5 cm³/mol. The Morgan fingerprint density at radius 2 is 1.91 bits per heavy atom. The zero-order chi connectivity index (χ0) is 16.4. The van der Waals surface area contributed by atoms with Crippen molar-refractivity contribution in [2.75, 3.05) is 13.6 Å². The van der Waals surface area contributed by atoms with Crippen molar-refractivity contribution in [1.82, 2.24) is 4.90 Å². The van der Waals surface area contributed by atoms with E-state index in [0.717, 1.165) is 13.0 Å². The fraction of sp³-hybridized carbons (Fsp3) is 0.400. The van der Waals surface area contributed by atoms with Crippen LogP contribution in [0.2, 0.25) is 5.02 Å². The molecule has 0 fully saturated rings. The van der Waals surface area contributed by atoms with Gasteiger partial charge in [-0.3, -0.25) is 0 Å². The molecule has 23 heavy (non-hydrogen) atoms. The maximum Gasteiger partial charge on any atom is 0.134 e. The third-order valence-corrected chi connectivity index (χ3v) is 6.10. The molecule has 1 aliphatic carbocycles. The van der Waals surface area contributed by atoms with Crippen LogP contribution in [0.25, 0.3) is 0 Å². The Morgan fingerprint density at radius 3 is 2.70 bits per heavy atom. The van der Waals surface area contributed by atoms with Crippen LogP contribution in [0.4, 0.5) is 0 Å². The van der Waals surface area contributed by atoms with Gasteiger partial charge in [0.05, 0.1) is 5.02 Å². The summed E-state index contributed by atoms with van der Waals surface area (Å²) in [7, 11) is 2.22. The first-order valence-corrected chi connectivity index (χ1v) is 8.60. The molecule has 0 bridgehead atoms. The van der Waals surface area contributed by atoms with Crippen LogP contribution < -0.4 is 0 Å². The smallest absolute Gasteiger partial charge is 0.134 e. The number of rotatable bonds is 0. The normalized spacial score (nSPS) is 25.4. The number of nitrogens with zero attached hydrogens (tertiary/aromatic N) is 1. The molecular weight excluding hydrogens is 306 g/mol. The Morgan fingerprint density at radius 1 is 1.17 bits per heavy atom. The lowest BCUT2D eigenvalue weighted by atomic mass is 9.79. The van der Waals surface area contributed by atoms with Crippen LogP contribution in [0, 0.1) is 0 Å². The molecule has 1 N–H and O–H groups in total. The predicted octanol–water partition coefficient (Wildman–Crippen LogP) is 4.33. The van der Waals surface area contributed by atoms with Gasteiger partial charge >= 0.3 is 0 Å². The molecule has 2 aromatic carbocycles. The van der Waals surface area contributed by atoms with Crippen molar-refractivity contribution in [1.29, 1.82) is 0 Å². The van der Waals surface area contributed by atoms with E-state index in [2.05, 4.69) is 50.1 Å². The summed E-state index contributed by atoms with van der Waals surface area (Å²) < 4.78 is 0. The summed E-state index contributed by atoms with van der Waals surface area (Å²) in [5.41, 5.74) is 5.38. The summed E-state index contributed by atoms with van der Waals surface area (Å²) in [6, 6.07) is 13.0. The highest BCUT2D eigenvalue weighted by Gasteiger charge is 2.49. The number of aromatic hydroxyl groups is 1. The van der Waals surface area contributed by atoms with E-state index >= 15 is 0 Å². The molecule has 120 valence electrons. The van der Waals surface area contributed by atoms with Gasteiger partial charge in [0.2, 0.25) is 0 Å². The summed E-state index contributed by atoms with van der Waals surface area (Å²) >= 11 is 6.17. The quantitative estimate of drug-likeness (QED) is 0.778. The van der Waals surface area contributed by atoms with E-state index in [1.54, 1.807) is 0 Å². The standard InChI is InChI=1S/C20H22ClNO/c1-20(2)15-7-5-4-6-13(15)18-14-11-17(23)16(21)10-12(14)8-9-22(3)19(18)20/h4-7,10-11,18-19,23H,8-9H2,1-3H3/t18-,19-/m0/s1. The van der Waals surface area contributed by atoms with Crippen LogP contribution in [-0.2, 0) is 11.8 Å². The van der Waals surface area contributed by atoms with E-state index in [0.29, 0.717) is 11.1 Å². The van der Waals surface area contributed by atoms with Crippen LogP contribution in [0.3, 0.4) is 0 Å². The number of phenols is 1. The van der Waals surface area contributed by atoms with E-state index in [9.17, 15) is 5.11 Å². The van der Waals surface area contributed by atoms with Gasteiger partial charge in [-0.05, 0) is 47.9 Å². The van der Waals surface area contributed by atoms with E-state index in [1.807, 2.05) is 12.1 Å².